The summed E-state index contributed by atoms with van der Waals surface area (Å²) in [5.41, 5.74) is 1.18. The van der Waals surface area contributed by atoms with Gasteiger partial charge in [0.25, 0.3) is 5.69 Å². The van der Waals surface area contributed by atoms with Gasteiger partial charge in [0.1, 0.15) is 11.4 Å². The highest BCUT2D eigenvalue weighted by Gasteiger charge is 2.30. The number of nitro groups is 1. The molecular weight excluding hydrogens is 479 g/mol. The van der Waals surface area contributed by atoms with Crippen LogP contribution in [0.3, 0.4) is 0 Å². The van der Waals surface area contributed by atoms with Crippen LogP contribution in [0.2, 0.25) is 0 Å². The van der Waals surface area contributed by atoms with Gasteiger partial charge in [-0.1, -0.05) is 12.1 Å². The summed E-state index contributed by atoms with van der Waals surface area (Å²) < 4.78 is 17.4. The Morgan fingerprint density at radius 3 is 2.73 bits per heavy atom. The molecule has 2 aromatic carbocycles. The van der Waals surface area contributed by atoms with E-state index in [4.69, 9.17) is 0 Å². The number of aromatic nitrogens is 1. The maximum absolute atomic E-state index is 15.6. The molecule has 0 spiro atoms. The highest BCUT2D eigenvalue weighted by molar-refractivity contribution is 5.95. The zero-order valence-corrected chi connectivity index (χ0v) is 20.4. The predicted molar refractivity (Wildman–Crippen MR) is 139 cm³/mol. The maximum atomic E-state index is 15.6. The van der Waals surface area contributed by atoms with Crippen LogP contribution in [0.15, 0.2) is 46.3 Å². The quantitative estimate of drug-likeness (QED) is 0.290. The van der Waals surface area contributed by atoms with Gasteiger partial charge in [-0.15, -0.1) is 0 Å². The lowest BCUT2D eigenvalue weighted by atomic mass is 10.0. The second-order valence-electron chi connectivity index (χ2n) is 9.77. The second-order valence-corrected chi connectivity index (χ2v) is 9.77. The average molecular weight is 507 g/mol. The minimum Gasteiger partial charge on any atom is -0.477 e. The molecule has 3 aromatic rings. The molecule has 1 aliphatic heterocycles. The Bertz CT molecular complexity index is 1490. The first kappa shape index (κ1) is 24.6. The first-order chi connectivity index (χ1) is 17.7. The molecule has 1 aromatic heterocycles. The molecule has 10 heteroatoms. The van der Waals surface area contributed by atoms with E-state index in [0.717, 1.165) is 32.1 Å². The van der Waals surface area contributed by atoms with E-state index in [9.17, 15) is 24.8 Å². The summed E-state index contributed by atoms with van der Waals surface area (Å²) in [5.74, 6) is -1.88. The van der Waals surface area contributed by atoms with Gasteiger partial charge >= 0.3 is 5.97 Å². The number of aromatic carboxylic acids is 1. The summed E-state index contributed by atoms with van der Waals surface area (Å²) in [4.78, 5) is 41.9. The molecule has 0 unspecified atom stereocenters. The molecule has 2 heterocycles. The molecule has 1 saturated carbocycles. The van der Waals surface area contributed by atoms with Crippen LogP contribution in [0.1, 0.15) is 59.6 Å². The molecule has 1 atom stereocenters. The lowest BCUT2D eigenvalue weighted by Crippen LogP contribution is -2.32. The van der Waals surface area contributed by atoms with Crippen molar-refractivity contribution in [3.05, 3.63) is 79.4 Å². The van der Waals surface area contributed by atoms with Gasteiger partial charge < -0.3 is 14.6 Å². The van der Waals surface area contributed by atoms with E-state index in [1.807, 2.05) is 9.47 Å². The van der Waals surface area contributed by atoms with Crippen molar-refractivity contribution in [1.82, 2.24) is 4.57 Å². The van der Waals surface area contributed by atoms with Crippen LogP contribution in [-0.2, 0) is 0 Å². The fourth-order valence-corrected chi connectivity index (χ4v) is 5.21. The fraction of sp³-hybridized carbons (Fsp3) is 0.370. The number of non-ortho nitro benzene ring substituents is 1. The van der Waals surface area contributed by atoms with E-state index in [2.05, 4.69) is 4.99 Å². The number of hydrogen-bond acceptors (Lipinski definition) is 6. The normalized spacial score (nSPS) is 18.3. The van der Waals surface area contributed by atoms with Crippen LogP contribution >= 0.6 is 0 Å². The minimum absolute atomic E-state index is 0.00642. The molecule has 37 heavy (non-hydrogen) atoms. The fourth-order valence-electron chi connectivity index (χ4n) is 5.21. The average Bonchev–Trinajstić information content (AvgIpc) is 3.71. The van der Waals surface area contributed by atoms with Crippen LogP contribution in [0.5, 0.6) is 0 Å². The third-order valence-electron chi connectivity index (χ3n) is 7.13. The Labute approximate surface area is 212 Å². The number of halogens is 1. The molecule has 0 bridgehead atoms. The summed E-state index contributed by atoms with van der Waals surface area (Å²) in [6, 6.07) is 7.38. The number of carboxylic acids is 1. The molecule has 1 aliphatic carbocycles. The van der Waals surface area contributed by atoms with Gasteiger partial charge in [-0.3, -0.25) is 19.9 Å². The van der Waals surface area contributed by atoms with Gasteiger partial charge in [0.05, 0.1) is 22.2 Å². The molecule has 1 N–H and O–H groups in total. The number of anilines is 1. The van der Waals surface area contributed by atoms with Gasteiger partial charge in [0.2, 0.25) is 5.43 Å². The van der Waals surface area contributed by atoms with Crippen molar-refractivity contribution >= 4 is 34.5 Å². The zero-order chi connectivity index (χ0) is 26.3. The number of nitro benzene ring substituents is 1. The molecule has 2 aliphatic rings. The van der Waals surface area contributed by atoms with Crippen molar-refractivity contribution in [3.63, 3.8) is 0 Å². The smallest absolute Gasteiger partial charge is 0.341 e. The highest BCUT2D eigenvalue weighted by Crippen LogP contribution is 2.40. The van der Waals surface area contributed by atoms with Crippen molar-refractivity contribution in [3.8, 4) is 0 Å². The Hall–Kier alpha value is -4.08. The number of pyridine rings is 1. The van der Waals surface area contributed by atoms with Gasteiger partial charge in [-0.25, -0.2) is 9.18 Å². The third-order valence-corrected chi connectivity index (χ3v) is 7.13. The number of carboxylic acid groups (broad SMARTS) is 1. The molecule has 192 valence electrons. The Morgan fingerprint density at radius 1 is 1.24 bits per heavy atom. The number of aryl methyl sites for hydroxylation is 1. The molecule has 2 fully saturated rings. The minimum atomic E-state index is -1.32. The van der Waals surface area contributed by atoms with E-state index in [1.165, 1.54) is 24.4 Å². The Kier molecular flexibility index (Phi) is 6.49. The second kappa shape index (κ2) is 9.76. The van der Waals surface area contributed by atoms with E-state index in [1.54, 1.807) is 25.3 Å². The summed E-state index contributed by atoms with van der Waals surface area (Å²) in [6.45, 7) is 2.86. The monoisotopic (exact) mass is 506 g/mol. The van der Waals surface area contributed by atoms with E-state index in [-0.39, 0.29) is 28.7 Å². The topological polar surface area (TPSA) is 118 Å². The first-order valence-electron chi connectivity index (χ1n) is 12.4. The van der Waals surface area contributed by atoms with E-state index < -0.39 is 22.1 Å². The van der Waals surface area contributed by atoms with Crippen LogP contribution < -0.4 is 10.3 Å². The number of fused-ring (bicyclic) bond motifs is 1. The SMILES string of the molecule is Cc1c(N2CCCC[C@@H](N=Cc3cccc([N+](=O)[O-])c3)C2)c(F)cc2c(=O)c(C(=O)O)cn(C3CC3)c12. The van der Waals surface area contributed by atoms with Crippen molar-refractivity contribution < 1.29 is 19.2 Å². The van der Waals surface area contributed by atoms with Crippen LogP contribution in [0.25, 0.3) is 10.9 Å². The molecule has 0 radical (unpaired) electrons. The van der Waals surface area contributed by atoms with E-state index >= 15 is 4.39 Å². The zero-order valence-electron chi connectivity index (χ0n) is 20.4. The molecule has 1 saturated heterocycles. The Morgan fingerprint density at radius 2 is 2.03 bits per heavy atom. The first-order valence-corrected chi connectivity index (χ1v) is 12.4. The van der Waals surface area contributed by atoms with Gasteiger partial charge in [0, 0.05) is 49.1 Å². The largest absolute Gasteiger partial charge is 0.477 e. The number of aliphatic imine (C=N–C) groups is 1. The molecule has 5 rings (SSSR count). The lowest BCUT2D eigenvalue weighted by Gasteiger charge is -2.28. The summed E-state index contributed by atoms with van der Waals surface area (Å²) in [6.07, 6.45) is 7.31. The van der Waals surface area contributed by atoms with E-state index in [0.29, 0.717) is 35.4 Å². The number of carbonyl (C=O) groups is 1. The number of nitrogens with zero attached hydrogens (tertiary/aromatic N) is 4. The van der Waals surface area contributed by atoms with Crippen molar-refractivity contribution in [2.24, 2.45) is 4.99 Å². The summed E-state index contributed by atoms with van der Waals surface area (Å²) in [5, 5.41) is 20.7. The maximum Gasteiger partial charge on any atom is 0.341 e. The van der Waals surface area contributed by atoms with Crippen LogP contribution in [0, 0.1) is 22.9 Å². The Balaban J connectivity index is 1.52. The van der Waals surface area contributed by atoms with Crippen molar-refractivity contribution in [2.45, 2.75) is 51.1 Å². The number of rotatable bonds is 6. The number of benzene rings is 2. The van der Waals surface area contributed by atoms with Crippen molar-refractivity contribution in [2.75, 3.05) is 18.0 Å². The standard InChI is InChI=1S/C27H27FN4O5/c1-16-24-21(26(33)22(27(34)35)15-31(24)19-8-9-19)12-23(28)25(16)30-10-3-2-6-18(14-30)29-13-17-5-4-7-20(11-17)32(36)37/h4-5,7,11-13,15,18-19H,2-3,6,8-10,14H2,1H3,(H,34,35)/t18-/m1/s1. The van der Waals surface area contributed by atoms with Gasteiger partial charge in [-0.05, 0) is 56.2 Å². The predicted octanol–water partition coefficient (Wildman–Crippen LogP) is 4.87. The van der Waals surface area contributed by atoms with Gasteiger partial charge in [-0.2, -0.15) is 0 Å². The molecule has 9 nitrogen and oxygen atoms in total. The van der Waals surface area contributed by atoms with Crippen LogP contribution in [0.4, 0.5) is 15.8 Å². The summed E-state index contributed by atoms with van der Waals surface area (Å²) >= 11 is 0. The number of hydrogen-bond donors (Lipinski definition) is 1. The third kappa shape index (κ3) is 4.83. The highest BCUT2D eigenvalue weighted by atomic mass is 19.1. The lowest BCUT2D eigenvalue weighted by molar-refractivity contribution is -0.384. The molecule has 0 amide bonds. The van der Waals surface area contributed by atoms with Crippen molar-refractivity contribution in [1.29, 1.82) is 0 Å². The van der Waals surface area contributed by atoms with Crippen LogP contribution in [-0.4, -0.2) is 45.9 Å². The van der Waals surface area contributed by atoms with Gasteiger partial charge in [0.15, 0.2) is 0 Å². The molecular formula is C27H27FN4O5. The summed E-state index contributed by atoms with van der Waals surface area (Å²) in [7, 11) is 0.